The first kappa shape index (κ1) is 19.1. The van der Waals surface area contributed by atoms with E-state index in [0.717, 1.165) is 11.1 Å². The minimum absolute atomic E-state index is 0.245. The lowest BCUT2D eigenvalue weighted by Gasteiger charge is -2.03. The SMILES string of the molecule is COc1ccccc1-c1cc(C[S@](=O)Cc2coc(-c3ccc(C)cc3)n2)on1. The molecule has 0 amide bonds. The Bertz CT molecular complexity index is 1130. The molecule has 0 spiro atoms. The number of aromatic nitrogens is 2. The number of para-hydroxylation sites is 1. The fourth-order valence-corrected chi connectivity index (χ4v) is 3.96. The van der Waals surface area contributed by atoms with Gasteiger partial charge in [0.25, 0.3) is 0 Å². The van der Waals surface area contributed by atoms with Crippen molar-refractivity contribution in [3.63, 3.8) is 0 Å². The molecule has 4 aromatic rings. The fourth-order valence-electron chi connectivity index (χ4n) is 2.94. The molecule has 0 bridgehead atoms. The Morgan fingerprint density at radius 1 is 1.07 bits per heavy atom. The summed E-state index contributed by atoms with van der Waals surface area (Å²) in [5, 5.41) is 4.08. The summed E-state index contributed by atoms with van der Waals surface area (Å²) < 4.78 is 28.8. The van der Waals surface area contributed by atoms with Gasteiger partial charge in [0.2, 0.25) is 5.89 Å². The monoisotopic (exact) mass is 408 g/mol. The van der Waals surface area contributed by atoms with Crippen LogP contribution in [0.3, 0.4) is 0 Å². The second kappa shape index (κ2) is 8.45. The quantitative estimate of drug-likeness (QED) is 0.439. The van der Waals surface area contributed by atoms with E-state index in [9.17, 15) is 4.21 Å². The number of ether oxygens (including phenoxy) is 1. The van der Waals surface area contributed by atoms with E-state index in [0.29, 0.717) is 28.8 Å². The first-order chi connectivity index (χ1) is 14.1. The predicted octanol–water partition coefficient (Wildman–Crippen LogP) is 4.76. The molecule has 0 aliphatic heterocycles. The number of nitrogens with zero attached hydrogens (tertiary/aromatic N) is 2. The summed E-state index contributed by atoms with van der Waals surface area (Å²) in [6, 6.07) is 17.3. The summed E-state index contributed by atoms with van der Waals surface area (Å²) in [5.41, 5.74) is 4.18. The number of hydrogen-bond donors (Lipinski definition) is 0. The van der Waals surface area contributed by atoms with Gasteiger partial charge in [0.15, 0.2) is 0 Å². The van der Waals surface area contributed by atoms with Crippen LogP contribution in [0.2, 0.25) is 0 Å². The van der Waals surface area contributed by atoms with Gasteiger partial charge in [-0.2, -0.15) is 0 Å². The predicted molar refractivity (Wildman–Crippen MR) is 111 cm³/mol. The first-order valence-electron chi connectivity index (χ1n) is 9.08. The molecule has 148 valence electrons. The topological polar surface area (TPSA) is 78.4 Å². The van der Waals surface area contributed by atoms with Crippen LogP contribution in [0.25, 0.3) is 22.7 Å². The second-order valence-corrected chi connectivity index (χ2v) is 8.07. The van der Waals surface area contributed by atoms with Crippen molar-refractivity contribution in [1.82, 2.24) is 10.1 Å². The highest BCUT2D eigenvalue weighted by Gasteiger charge is 2.15. The highest BCUT2D eigenvalue weighted by atomic mass is 32.2. The van der Waals surface area contributed by atoms with Crippen LogP contribution < -0.4 is 4.74 Å². The van der Waals surface area contributed by atoms with E-state index in [1.165, 1.54) is 5.56 Å². The van der Waals surface area contributed by atoms with Gasteiger partial charge in [-0.3, -0.25) is 4.21 Å². The summed E-state index contributed by atoms with van der Waals surface area (Å²) in [4.78, 5) is 4.44. The van der Waals surface area contributed by atoms with Crippen LogP contribution >= 0.6 is 0 Å². The van der Waals surface area contributed by atoms with Crippen molar-refractivity contribution in [2.45, 2.75) is 18.4 Å². The smallest absolute Gasteiger partial charge is 0.226 e. The van der Waals surface area contributed by atoms with Gasteiger partial charge in [-0.25, -0.2) is 4.98 Å². The standard InChI is InChI=1S/C22H20N2O4S/c1-15-7-9-16(10-8-15)22-23-17(12-27-22)13-29(25)14-18-11-20(24-28-18)19-5-3-4-6-21(19)26-2/h3-12H,13-14H2,1-2H3/t29-/m1/s1. The van der Waals surface area contributed by atoms with Gasteiger partial charge in [0.05, 0.1) is 24.3 Å². The molecule has 0 unspecified atom stereocenters. The molecule has 0 N–H and O–H groups in total. The van der Waals surface area contributed by atoms with E-state index in [1.54, 1.807) is 19.4 Å². The minimum Gasteiger partial charge on any atom is -0.496 e. The average molecular weight is 408 g/mol. The highest BCUT2D eigenvalue weighted by molar-refractivity contribution is 7.83. The van der Waals surface area contributed by atoms with Gasteiger partial charge in [-0.1, -0.05) is 35.0 Å². The van der Waals surface area contributed by atoms with Crippen LogP contribution in [0.1, 0.15) is 17.0 Å². The number of oxazole rings is 1. The third-order valence-electron chi connectivity index (χ3n) is 4.40. The number of hydrogen-bond acceptors (Lipinski definition) is 6. The van der Waals surface area contributed by atoms with Gasteiger partial charge in [0, 0.05) is 28.0 Å². The van der Waals surface area contributed by atoms with Crippen molar-refractivity contribution in [1.29, 1.82) is 0 Å². The Labute approximate surface area is 171 Å². The molecule has 0 saturated heterocycles. The molecular weight excluding hydrogens is 388 g/mol. The lowest BCUT2D eigenvalue weighted by Crippen LogP contribution is -1.99. The van der Waals surface area contributed by atoms with Gasteiger partial charge >= 0.3 is 0 Å². The molecule has 0 aliphatic rings. The first-order valence-corrected chi connectivity index (χ1v) is 10.6. The number of aryl methyl sites for hydroxylation is 1. The Kier molecular flexibility index (Phi) is 5.57. The molecule has 29 heavy (non-hydrogen) atoms. The van der Waals surface area contributed by atoms with Crippen molar-refractivity contribution < 1.29 is 17.9 Å². The molecule has 4 rings (SSSR count). The van der Waals surface area contributed by atoms with Crippen LogP contribution in [-0.2, 0) is 22.3 Å². The van der Waals surface area contributed by atoms with Crippen LogP contribution in [0.5, 0.6) is 5.75 Å². The molecule has 2 heterocycles. The van der Waals surface area contributed by atoms with Gasteiger partial charge in [-0.15, -0.1) is 0 Å². The summed E-state index contributed by atoms with van der Waals surface area (Å²) in [7, 11) is 0.402. The molecule has 0 saturated carbocycles. The van der Waals surface area contributed by atoms with Crippen LogP contribution in [0.15, 0.2) is 69.8 Å². The average Bonchev–Trinajstić information content (AvgIpc) is 3.38. The maximum atomic E-state index is 12.6. The molecule has 0 radical (unpaired) electrons. The largest absolute Gasteiger partial charge is 0.496 e. The lowest BCUT2D eigenvalue weighted by molar-refractivity contribution is 0.394. The molecule has 1 atom stereocenters. The molecular formula is C22H20N2O4S. The van der Waals surface area contributed by atoms with Crippen molar-refractivity contribution in [3.05, 3.63) is 77.9 Å². The van der Waals surface area contributed by atoms with E-state index in [1.807, 2.05) is 55.5 Å². The zero-order chi connectivity index (χ0) is 20.2. The molecule has 0 fully saturated rings. The zero-order valence-electron chi connectivity index (χ0n) is 16.1. The van der Waals surface area contributed by atoms with Crippen LogP contribution in [0, 0.1) is 6.92 Å². The third-order valence-corrected chi connectivity index (χ3v) is 5.63. The summed E-state index contributed by atoms with van der Waals surface area (Å²) in [6.07, 6.45) is 1.55. The molecule has 6 nitrogen and oxygen atoms in total. The van der Waals surface area contributed by atoms with E-state index >= 15 is 0 Å². The fraction of sp³-hybridized carbons (Fsp3) is 0.182. The van der Waals surface area contributed by atoms with Gasteiger partial charge in [-0.05, 0) is 31.2 Å². The second-order valence-electron chi connectivity index (χ2n) is 6.62. The Morgan fingerprint density at radius 3 is 2.66 bits per heavy atom. The zero-order valence-corrected chi connectivity index (χ0v) is 16.9. The number of methoxy groups -OCH3 is 1. The van der Waals surface area contributed by atoms with Crippen LogP contribution in [-0.4, -0.2) is 21.5 Å². The molecule has 7 heteroatoms. The maximum absolute atomic E-state index is 12.6. The Morgan fingerprint density at radius 2 is 1.86 bits per heavy atom. The summed E-state index contributed by atoms with van der Waals surface area (Å²) in [5.74, 6) is 2.30. The van der Waals surface area contributed by atoms with Crippen LogP contribution in [0.4, 0.5) is 0 Å². The van der Waals surface area contributed by atoms with Gasteiger partial charge < -0.3 is 13.7 Å². The third kappa shape index (κ3) is 4.46. The van der Waals surface area contributed by atoms with E-state index in [-0.39, 0.29) is 11.5 Å². The number of benzene rings is 2. The van der Waals surface area contributed by atoms with Crippen molar-refractivity contribution in [3.8, 4) is 28.5 Å². The normalized spacial score (nSPS) is 12.1. The van der Waals surface area contributed by atoms with Crippen molar-refractivity contribution in [2.75, 3.05) is 7.11 Å². The van der Waals surface area contributed by atoms with Crippen molar-refractivity contribution in [2.24, 2.45) is 0 Å². The number of rotatable bonds is 7. The molecule has 0 aliphatic carbocycles. The Hall–Kier alpha value is -3.19. The lowest BCUT2D eigenvalue weighted by atomic mass is 10.1. The van der Waals surface area contributed by atoms with Gasteiger partial charge in [0.1, 0.15) is 23.5 Å². The Balaban J connectivity index is 1.42. The molecule has 2 aromatic carbocycles. The van der Waals surface area contributed by atoms with Crippen molar-refractivity contribution >= 4 is 10.8 Å². The highest BCUT2D eigenvalue weighted by Crippen LogP contribution is 2.29. The van der Waals surface area contributed by atoms with E-state index in [4.69, 9.17) is 13.7 Å². The summed E-state index contributed by atoms with van der Waals surface area (Å²) in [6.45, 7) is 2.02. The maximum Gasteiger partial charge on any atom is 0.226 e. The van der Waals surface area contributed by atoms with E-state index in [2.05, 4.69) is 10.1 Å². The summed E-state index contributed by atoms with van der Waals surface area (Å²) >= 11 is 0. The minimum atomic E-state index is -1.21. The molecule has 2 aromatic heterocycles. The van der Waals surface area contributed by atoms with E-state index < -0.39 is 10.8 Å².